The zero-order chi connectivity index (χ0) is 21.1. The summed E-state index contributed by atoms with van der Waals surface area (Å²) >= 11 is 0. The van der Waals surface area contributed by atoms with Gasteiger partial charge in [-0.25, -0.2) is 0 Å². The lowest BCUT2D eigenvalue weighted by Crippen LogP contribution is -2.43. The van der Waals surface area contributed by atoms with Crippen molar-refractivity contribution < 1.29 is 14.3 Å². The highest BCUT2D eigenvalue weighted by atomic mass is 16.5. The topological polar surface area (TPSA) is 49.9 Å². The van der Waals surface area contributed by atoms with Gasteiger partial charge in [0.25, 0.3) is 11.8 Å². The molecule has 30 heavy (non-hydrogen) atoms. The summed E-state index contributed by atoms with van der Waals surface area (Å²) in [6.45, 7) is 0.563. The van der Waals surface area contributed by atoms with Crippen molar-refractivity contribution in [3.05, 3.63) is 71.4 Å². The lowest BCUT2D eigenvalue weighted by molar-refractivity contribution is -0.140. The third kappa shape index (κ3) is 3.84. The Morgan fingerprint density at radius 1 is 0.933 bits per heavy atom. The van der Waals surface area contributed by atoms with Crippen LogP contribution in [0.2, 0.25) is 0 Å². The molecule has 1 aliphatic carbocycles. The van der Waals surface area contributed by atoms with Crippen LogP contribution in [0, 0.1) is 0 Å². The Labute approximate surface area is 177 Å². The number of carbonyl (C=O) groups is 2. The van der Waals surface area contributed by atoms with Gasteiger partial charge in [-0.15, -0.1) is 0 Å². The van der Waals surface area contributed by atoms with Gasteiger partial charge in [0.15, 0.2) is 0 Å². The van der Waals surface area contributed by atoms with E-state index in [4.69, 9.17) is 4.74 Å². The smallest absolute Gasteiger partial charge is 0.278 e. The standard InChI is InChI=1S/C25H28N2O3/c1-26(17-18-9-5-3-6-10-18)23-22(19-13-15-21(30-2)16-14-19)24(28)27(25(23)29)20-11-7-4-8-12-20/h3,5-6,9-10,13-16,20H,4,7-8,11-12,17H2,1-2H3. The predicted molar refractivity (Wildman–Crippen MR) is 117 cm³/mol. The van der Waals surface area contributed by atoms with Gasteiger partial charge in [0.1, 0.15) is 11.4 Å². The molecule has 1 saturated carbocycles. The summed E-state index contributed by atoms with van der Waals surface area (Å²) in [7, 11) is 3.50. The van der Waals surface area contributed by atoms with E-state index >= 15 is 0 Å². The Bertz CT molecular complexity index is 944. The van der Waals surface area contributed by atoms with Crippen molar-refractivity contribution in [1.82, 2.24) is 9.80 Å². The second kappa shape index (κ2) is 8.74. The van der Waals surface area contributed by atoms with Crippen molar-refractivity contribution in [1.29, 1.82) is 0 Å². The molecule has 0 aromatic heterocycles. The van der Waals surface area contributed by atoms with Gasteiger partial charge in [-0.3, -0.25) is 14.5 Å². The Kier molecular flexibility index (Phi) is 5.88. The van der Waals surface area contributed by atoms with Crippen LogP contribution in [-0.4, -0.2) is 41.8 Å². The Morgan fingerprint density at radius 2 is 1.60 bits per heavy atom. The zero-order valence-corrected chi connectivity index (χ0v) is 17.6. The first-order valence-corrected chi connectivity index (χ1v) is 10.6. The third-order valence-electron chi connectivity index (χ3n) is 6.05. The fourth-order valence-corrected chi connectivity index (χ4v) is 4.51. The molecule has 0 unspecified atom stereocenters. The molecule has 1 aliphatic heterocycles. The number of rotatable bonds is 6. The number of carbonyl (C=O) groups excluding carboxylic acids is 2. The molecule has 4 rings (SSSR count). The van der Waals surface area contributed by atoms with Crippen LogP contribution in [0.15, 0.2) is 60.3 Å². The molecule has 2 aromatic carbocycles. The molecule has 1 heterocycles. The minimum Gasteiger partial charge on any atom is -0.497 e. The quantitative estimate of drug-likeness (QED) is 0.676. The van der Waals surface area contributed by atoms with Gasteiger partial charge in [0.2, 0.25) is 0 Å². The van der Waals surface area contributed by atoms with Crippen molar-refractivity contribution in [2.45, 2.75) is 44.7 Å². The molecule has 2 amide bonds. The van der Waals surface area contributed by atoms with E-state index in [-0.39, 0.29) is 17.9 Å². The summed E-state index contributed by atoms with van der Waals surface area (Å²) in [5, 5.41) is 0. The van der Waals surface area contributed by atoms with Gasteiger partial charge in [-0.2, -0.15) is 0 Å². The van der Waals surface area contributed by atoms with Gasteiger partial charge in [-0.1, -0.05) is 61.7 Å². The normalized spacial score (nSPS) is 17.6. The van der Waals surface area contributed by atoms with E-state index in [1.165, 1.54) is 11.3 Å². The summed E-state index contributed by atoms with van der Waals surface area (Å²) in [5.74, 6) is 0.377. The van der Waals surface area contributed by atoms with Crippen molar-refractivity contribution in [3.63, 3.8) is 0 Å². The maximum Gasteiger partial charge on any atom is 0.278 e. The molecule has 5 heteroatoms. The SMILES string of the molecule is COc1ccc(C2=C(N(C)Cc3ccccc3)C(=O)N(C3CCCCC3)C2=O)cc1. The number of benzene rings is 2. The van der Waals surface area contributed by atoms with E-state index < -0.39 is 0 Å². The van der Waals surface area contributed by atoms with Gasteiger partial charge < -0.3 is 9.64 Å². The molecule has 0 radical (unpaired) electrons. The number of hydrogen-bond donors (Lipinski definition) is 0. The van der Waals surface area contributed by atoms with Crippen LogP contribution < -0.4 is 4.74 Å². The van der Waals surface area contributed by atoms with E-state index in [1.54, 1.807) is 7.11 Å². The number of imide groups is 1. The molecule has 0 N–H and O–H groups in total. The zero-order valence-electron chi connectivity index (χ0n) is 17.6. The second-order valence-corrected chi connectivity index (χ2v) is 8.07. The van der Waals surface area contributed by atoms with Crippen LogP contribution in [0.1, 0.15) is 43.2 Å². The first-order chi connectivity index (χ1) is 14.6. The van der Waals surface area contributed by atoms with E-state index in [0.29, 0.717) is 17.8 Å². The molecule has 2 aromatic rings. The monoisotopic (exact) mass is 404 g/mol. The first-order valence-electron chi connectivity index (χ1n) is 10.6. The fraction of sp³-hybridized carbons (Fsp3) is 0.360. The number of ether oxygens (including phenoxy) is 1. The Hall–Kier alpha value is -3.08. The molecule has 2 aliphatic rings. The summed E-state index contributed by atoms with van der Waals surface area (Å²) < 4.78 is 5.26. The van der Waals surface area contributed by atoms with Crippen LogP contribution in [0.5, 0.6) is 5.75 Å². The molecular weight excluding hydrogens is 376 g/mol. The van der Waals surface area contributed by atoms with E-state index in [1.807, 2.05) is 66.5 Å². The molecule has 5 nitrogen and oxygen atoms in total. The highest BCUT2D eigenvalue weighted by Gasteiger charge is 2.44. The van der Waals surface area contributed by atoms with E-state index in [2.05, 4.69) is 0 Å². The van der Waals surface area contributed by atoms with Gasteiger partial charge in [0, 0.05) is 19.6 Å². The van der Waals surface area contributed by atoms with E-state index in [9.17, 15) is 9.59 Å². The van der Waals surface area contributed by atoms with Gasteiger partial charge in [0.05, 0.1) is 12.7 Å². The maximum atomic E-state index is 13.5. The number of nitrogens with zero attached hydrogens (tertiary/aromatic N) is 2. The Morgan fingerprint density at radius 3 is 2.23 bits per heavy atom. The van der Waals surface area contributed by atoms with Gasteiger partial charge in [-0.05, 0) is 36.1 Å². The third-order valence-corrected chi connectivity index (χ3v) is 6.05. The van der Waals surface area contributed by atoms with Crippen LogP contribution in [0.3, 0.4) is 0 Å². The average Bonchev–Trinajstić information content (AvgIpc) is 3.05. The largest absolute Gasteiger partial charge is 0.497 e. The summed E-state index contributed by atoms with van der Waals surface area (Å²) in [6.07, 6.45) is 5.09. The van der Waals surface area contributed by atoms with Crippen LogP contribution in [0.25, 0.3) is 5.57 Å². The molecule has 0 saturated heterocycles. The fourth-order valence-electron chi connectivity index (χ4n) is 4.51. The van der Waals surface area contributed by atoms with Crippen molar-refractivity contribution in [2.24, 2.45) is 0 Å². The highest BCUT2D eigenvalue weighted by molar-refractivity contribution is 6.35. The van der Waals surface area contributed by atoms with Crippen molar-refractivity contribution in [2.75, 3.05) is 14.2 Å². The van der Waals surface area contributed by atoms with E-state index in [0.717, 1.165) is 42.6 Å². The lowest BCUT2D eigenvalue weighted by atomic mass is 9.94. The molecule has 0 spiro atoms. The lowest BCUT2D eigenvalue weighted by Gasteiger charge is -2.30. The van der Waals surface area contributed by atoms with Crippen LogP contribution >= 0.6 is 0 Å². The Balaban J connectivity index is 1.73. The average molecular weight is 405 g/mol. The summed E-state index contributed by atoms with van der Waals surface area (Å²) in [5.41, 5.74) is 2.83. The molecule has 156 valence electrons. The summed E-state index contributed by atoms with van der Waals surface area (Å²) in [4.78, 5) is 30.5. The highest BCUT2D eigenvalue weighted by Crippen LogP contribution is 2.36. The minimum absolute atomic E-state index is 0.00498. The van der Waals surface area contributed by atoms with Gasteiger partial charge >= 0.3 is 0 Å². The second-order valence-electron chi connectivity index (χ2n) is 8.07. The maximum absolute atomic E-state index is 13.5. The molecule has 0 atom stereocenters. The van der Waals surface area contributed by atoms with Crippen molar-refractivity contribution in [3.8, 4) is 5.75 Å². The molecule has 0 bridgehead atoms. The van der Waals surface area contributed by atoms with Crippen LogP contribution in [0.4, 0.5) is 0 Å². The molecule has 1 fully saturated rings. The number of likely N-dealkylation sites (N-methyl/N-ethyl adjacent to an activating group) is 1. The number of amides is 2. The van der Waals surface area contributed by atoms with Crippen molar-refractivity contribution >= 4 is 17.4 Å². The number of methoxy groups -OCH3 is 1. The first kappa shape index (κ1) is 20.2. The van der Waals surface area contributed by atoms with Crippen LogP contribution in [-0.2, 0) is 16.1 Å². The summed E-state index contributed by atoms with van der Waals surface area (Å²) in [6, 6.07) is 17.4. The number of hydrogen-bond acceptors (Lipinski definition) is 4. The minimum atomic E-state index is -0.174. The predicted octanol–water partition coefficient (Wildman–Crippen LogP) is 4.24. The molecular formula is C25H28N2O3.